The summed E-state index contributed by atoms with van der Waals surface area (Å²) in [6, 6.07) is 10.4. The molecule has 1 aromatic rings. The van der Waals surface area contributed by atoms with Crippen LogP contribution >= 0.6 is 0 Å². The van der Waals surface area contributed by atoms with E-state index in [0.29, 0.717) is 6.54 Å². The van der Waals surface area contributed by atoms with Crippen molar-refractivity contribution in [3.63, 3.8) is 0 Å². The lowest BCUT2D eigenvalue weighted by atomic mass is 9.76. The molecule has 88 valence electrons. The van der Waals surface area contributed by atoms with E-state index in [2.05, 4.69) is 43.1 Å². The molecular formula is C13H21N3. The smallest absolute Gasteiger partial charge is 0.185 e. The van der Waals surface area contributed by atoms with Crippen molar-refractivity contribution < 1.29 is 0 Å². The van der Waals surface area contributed by atoms with E-state index < -0.39 is 0 Å². The molecule has 0 unspecified atom stereocenters. The second-order valence-electron chi connectivity index (χ2n) is 4.09. The first-order valence-corrected chi connectivity index (χ1v) is 5.75. The highest BCUT2D eigenvalue weighted by Gasteiger charge is 2.27. The molecule has 4 N–H and O–H groups in total. The standard InChI is InChI=1S/C13H21N3/c1-3-13(4-2,10-16-12(14)15)11-8-6-5-7-9-11/h5-9H,3-4,10H2,1-2H3,(H4,14,15,16). The lowest BCUT2D eigenvalue weighted by Gasteiger charge is -2.30. The molecule has 0 amide bonds. The van der Waals surface area contributed by atoms with Gasteiger partial charge in [0.2, 0.25) is 0 Å². The zero-order chi connectivity index (χ0) is 12.0. The molecule has 0 fully saturated rings. The Morgan fingerprint density at radius 1 is 1.12 bits per heavy atom. The molecule has 0 bridgehead atoms. The maximum absolute atomic E-state index is 5.41. The summed E-state index contributed by atoms with van der Waals surface area (Å²) >= 11 is 0. The summed E-state index contributed by atoms with van der Waals surface area (Å²) in [6.07, 6.45) is 2.06. The molecule has 0 aliphatic rings. The van der Waals surface area contributed by atoms with E-state index in [-0.39, 0.29) is 11.4 Å². The molecule has 0 atom stereocenters. The van der Waals surface area contributed by atoms with Crippen molar-refractivity contribution in [2.24, 2.45) is 16.5 Å². The minimum Gasteiger partial charge on any atom is -0.370 e. The molecule has 3 heteroatoms. The van der Waals surface area contributed by atoms with Crippen LogP contribution in [0, 0.1) is 0 Å². The average Bonchev–Trinajstić information content (AvgIpc) is 2.32. The summed E-state index contributed by atoms with van der Waals surface area (Å²) in [5.74, 6) is 0.169. The number of rotatable bonds is 5. The van der Waals surface area contributed by atoms with Crippen LogP contribution < -0.4 is 11.5 Å². The number of nitrogens with zero attached hydrogens (tertiary/aromatic N) is 1. The van der Waals surface area contributed by atoms with Crippen LogP contribution in [0.2, 0.25) is 0 Å². The average molecular weight is 219 g/mol. The van der Waals surface area contributed by atoms with Crippen molar-refractivity contribution in [2.75, 3.05) is 6.54 Å². The highest BCUT2D eigenvalue weighted by molar-refractivity contribution is 5.75. The number of aliphatic imine (C=N–C) groups is 1. The molecule has 0 saturated heterocycles. The van der Waals surface area contributed by atoms with Gasteiger partial charge < -0.3 is 11.5 Å². The van der Waals surface area contributed by atoms with Gasteiger partial charge in [0.25, 0.3) is 0 Å². The van der Waals surface area contributed by atoms with Crippen LogP contribution in [0.4, 0.5) is 0 Å². The van der Waals surface area contributed by atoms with Gasteiger partial charge in [-0.2, -0.15) is 0 Å². The summed E-state index contributed by atoms with van der Waals surface area (Å²) in [7, 11) is 0. The van der Waals surface area contributed by atoms with Gasteiger partial charge in [0.15, 0.2) is 5.96 Å². The molecule has 0 spiro atoms. The quantitative estimate of drug-likeness (QED) is 0.588. The minimum absolute atomic E-state index is 0.0608. The summed E-state index contributed by atoms with van der Waals surface area (Å²) in [6.45, 7) is 5.02. The number of benzene rings is 1. The van der Waals surface area contributed by atoms with Crippen molar-refractivity contribution in [1.29, 1.82) is 0 Å². The molecule has 0 heterocycles. The Morgan fingerprint density at radius 3 is 2.12 bits per heavy atom. The largest absolute Gasteiger partial charge is 0.370 e. The van der Waals surface area contributed by atoms with E-state index in [9.17, 15) is 0 Å². The minimum atomic E-state index is 0.0608. The Labute approximate surface area is 97.6 Å². The van der Waals surface area contributed by atoms with Gasteiger partial charge in [-0.1, -0.05) is 44.2 Å². The highest BCUT2D eigenvalue weighted by Crippen LogP contribution is 2.31. The number of guanidine groups is 1. The van der Waals surface area contributed by atoms with Crippen molar-refractivity contribution in [3.05, 3.63) is 35.9 Å². The molecule has 1 aromatic carbocycles. The highest BCUT2D eigenvalue weighted by atomic mass is 15.0. The summed E-state index contributed by atoms with van der Waals surface area (Å²) in [5.41, 5.74) is 12.2. The second-order valence-corrected chi connectivity index (χ2v) is 4.09. The molecule has 1 rings (SSSR count). The fourth-order valence-electron chi connectivity index (χ4n) is 2.01. The number of hydrogen-bond acceptors (Lipinski definition) is 1. The first kappa shape index (κ1) is 12.6. The van der Waals surface area contributed by atoms with E-state index in [0.717, 1.165) is 12.8 Å². The predicted molar refractivity (Wildman–Crippen MR) is 69.4 cm³/mol. The van der Waals surface area contributed by atoms with Crippen LogP contribution in [0.3, 0.4) is 0 Å². The first-order valence-electron chi connectivity index (χ1n) is 5.75. The van der Waals surface area contributed by atoms with E-state index in [1.807, 2.05) is 6.07 Å². The maximum Gasteiger partial charge on any atom is 0.185 e. The van der Waals surface area contributed by atoms with E-state index in [1.54, 1.807) is 0 Å². The van der Waals surface area contributed by atoms with Crippen LogP contribution in [0.25, 0.3) is 0 Å². The molecule has 16 heavy (non-hydrogen) atoms. The van der Waals surface area contributed by atoms with Gasteiger partial charge in [0.1, 0.15) is 0 Å². The Hall–Kier alpha value is -1.51. The SMILES string of the molecule is CCC(CC)(CN=C(N)N)c1ccccc1. The third kappa shape index (κ3) is 2.75. The van der Waals surface area contributed by atoms with Crippen molar-refractivity contribution in [3.8, 4) is 0 Å². The molecule has 0 aromatic heterocycles. The maximum atomic E-state index is 5.41. The topological polar surface area (TPSA) is 64.4 Å². The zero-order valence-electron chi connectivity index (χ0n) is 10.1. The van der Waals surface area contributed by atoms with Crippen LogP contribution in [0.1, 0.15) is 32.3 Å². The fraction of sp³-hybridized carbons (Fsp3) is 0.462. The van der Waals surface area contributed by atoms with Crippen LogP contribution in [-0.2, 0) is 5.41 Å². The van der Waals surface area contributed by atoms with E-state index >= 15 is 0 Å². The van der Waals surface area contributed by atoms with E-state index in [4.69, 9.17) is 11.5 Å². The van der Waals surface area contributed by atoms with Crippen LogP contribution in [0.15, 0.2) is 35.3 Å². The normalized spacial score (nSPS) is 11.1. The monoisotopic (exact) mass is 219 g/mol. The number of hydrogen-bond donors (Lipinski definition) is 2. The molecule has 0 saturated carbocycles. The summed E-state index contributed by atoms with van der Waals surface area (Å²) in [5, 5.41) is 0. The molecule has 0 aliphatic heterocycles. The Balaban J connectivity index is 3.01. The van der Waals surface area contributed by atoms with Crippen LogP contribution in [0.5, 0.6) is 0 Å². The molecular weight excluding hydrogens is 198 g/mol. The third-order valence-electron chi connectivity index (χ3n) is 3.30. The van der Waals surface area contributed by atoms with Gasteiger partial charge in [-0.15, -0.1) is 0 Å². The first-order chi connectivity index (χ1) is 7.64. The van der Waals surface area contributed by atoms with Gasteiger partial charge in [-0.3, -0.25) is 4.99 Å². The molecule has 0 radical (unpaired) electrons. The van der Waals surface area contributed by atoms with Gasteiger partial charge in [-0.05, 0) is 18.4 Å². The lowest BCUT2D eigenvalue weighted by molar-refractivity contribution is 0.408. The van der Waals surface area contributed by atoms with Gasteiger partial charge >= 0.3 is 0 Å². The second kappa shape index (κ2) is 5.54. The van der Waals surface area contributed by atoms with Crippen molar-refractivity contribution in [1.82, 2.24) is 0 Å². The van der Waals surface area contributed by atoms with Crippen LogP contribution in [-0.4, -0.2) is 12.5 Å². The van der Waals surface area contributed by atoms with Crippen molar-refractivity contribution >= 4 is 5.96 Å². The van der Waals surface area contributed by atoms with Gasteiger partial charge in [-0.25, -0.2) is 0 Å². The molecule has 0 aliphatic carbocycles. The lowest BCUT2D eigenvalue weighted by Crippen LogP contribution is -2.31. The Kier molecular flexibility index (Phi) is 4.35. The Morgan fingerprint density at radius 2 is 1.69 bits per heavy atom. The van der Waals surface area contributed by atoms with Gasteiger partial charge in [0, 0.05) is 5.41 Å². The predicted octanol–water partition coefficient (Wildman–Crippen LogP) is 2.02. The summed E-state index contributed by atoms with van der Waals surface area (Å²) in [4.78, 5) is 4.19. The third-order valence-corrected chi connectivity index (χ3v) is 3.30. The van der Waals surface area contributed by atoms with Crippen molar-refractivity contribution in [2.45, 2.75) is 32.1 Å². The Bertz CT molecular complexity index is 335. The molecule has 3 nitrogen and oxygen atoms in total. The fourth-order valence-corrected chi connectivity index (χ4v) is 2.01. The number of nitrogens with two attached hydrogens (primary N) is 2. The zero-order valence-corrected chi connectivity index (χ0v) is 10.1. The summed E-state index contributed by atoms with van der Waals surface area (Å²) < 4.78 is 0. The van der Waals surface area contributed by atoms with E-state index in [1.165, 1.54) is 5.56 Å². The van der Waals surface area contributed by atoms with Gasteiger partial charge in [0.05, 0.1) is 6.54 Å².